The highest BCUT2D eigenvalue weighted by molar-refractivity contribution is 7.17. The second-order valence-electron chi connectivity index (χ2n) is 6.10. The Kier molecular flexibility index (Phi) is 6.88. The highest BCUT2D eigenvalue weighted by Crippen LogP contribution is 2.26. The van der Waals surface area contributed by atoms with Gasteiger partial charge in [0.05, 0.1) is 0 Å². The Labute approximate surface area is 148 Å². The number of halogens is 1. The van der Waals surface area contributed by atoms with Crippen LogP contribution < -0.4 is 5.32 Å². The summed E-state index contributed by atoms with van der Waals surface area (Å²) in [5, 5.41) is 6.95. The van der Waals surface area contributed by atoms with Gasteiger partial charge in [-0.2, -0.15) is 0 Å². The molecule has 1 saturated heterocycles. The average Bonchev–Trinajstić information content (AvgIpc) is 2.98. The molecule has 0 spiro atoms. The van der Waals surface area contributed by atoms with Crippen LogP contribution in [-0.4, -0.2) is 37.0 Å². The molecule has 0 atom stereocenters. The molecule has 1 aliphatic heterocycles. The van der Waals surface area contributed by atoms with Crippen LogP contribution in [0.2, 0.25) is 0 Å². The summed E-state index contributed by atoms with van der Waals surface area (Å²) in [5.41, 5.74) is 1.39. The third-order valence-electron chi connectivity index (χ3n) is 4.65. The predicted molar refractivity (Wildman–Crippen MR) is 101 cm³/mol. The van der Waals surface area contributed by atoms with Crippen LogP contribution in [0.1, 0.15) is 31.2 Å². The normalized spacial score (nSPS) is 15.3. The molecule has 2 heterocycles. The molecule has 2 aromatic rings. The summed E-state index contributed by atoms with van der Waals surface area (Å²) in [4.78, 5) is 14.3. The van der Waals surface area contributed by atoms with E-state index in [4.69, 9.17) is 0 Å². The van der Waals surface area contributed by atoms with Crippen LogP contribution in [-0.2, 0) is 11.2 Å². The number of benzene rings is 1. The van der Waals surface area contributed by atoms with Crippen LogP contribution in [0.4, 0.5) is 0 Å². The molecule has 126 valence electrons. The zero-order chi connectivity index (χ0) is 15.4. The lowest BCUT2D eigenvalue weighted by Crippen LogP contribution is -2.43. The Balaban J connectivity index is 0.00000192. The largest absolute Gasteiger partial charge is 0.343 e. The number of hydrogen-bond acceptors (Lipinski definition) is 3. The van der Waals surface area contributed by atoms with Crippen molar-refractivity contribution in [2.24, 2.45) is 0 Å². The van der Waals surface area contributed by atoms with Gasteiger partial charge in [-0.25, -0.2) is 0 Å². The van der Waals surface area contributed by atoms with E-state index in [0.29, 0.717) is 18.4 Å². The van der Waals surface area contributed by atoms with Crippen LogP contribution in [0.5, 0.6) is 0 Å². The van der Waals surface area contributed by atoms with Gasteiger partial charge in [0.1, 0.15) is 0 Å². The van der Waals surface area contributed by atoms with Gasteiger partial charge in [-0.3, -0.25) is 4.79 Å². The van der Waals surface area contributed by atoms with E-state index >= 15 is 0 Å². The van der Waals surface area contributed by atoms with E-state index in [1.807, 2.05) is 11.9 Å². The number of nitrogens with one attached hydrogen (secondary N) is 1. The Hall–Kier alpha value is -1.10. The maximum Gasteiger partial charge on any atom is 0.222 e. The van der Waals surface area contributed by atoms with Gasteiger partial charge < -0.3 is 10.2 Å². The van der Waals surface area contributed by atoms with Crippen LogP contribution in [0.3, 0.4) is 0 Å². The van der Waals surface area contributed by atoms with Crippen LogP contribution >= 0.6 is 23.7 Å². The second kappa shape index (κ2) is 8.67. The van der Waals surface area contributed by atoms with Crippen molar-refractivity contribution in [3.05, 3.63) is 35.2 Å². The molecular weight excluding hydrogens is 328 g/mol. The monoisotopic (exact) mass is 352 g/mol. The molecule has 0 saturated carbocycles. The lowest BCUT2D eigenvalue weighted by molar-refractivity contribution is -0.132. The number of nitrogens with zero attached hydrogens (tertiary/aromatic N) is 1. The maximum absolute atomic E-state index is 12.3. The van der Waals surface area contributed by atoms with E-state index in [1.54, 1.807) is 11.3 Å². The van der Waals surface area contributed by atoms with E-state index < -0.39 is 0 Å². The summed E-state index contributed by atoms with van der Waals surface area (Å²) in [6.45, 7) is 2.06. The zero-order valence-electron chi connectivity index (χ0n) is 13.6. The number of hydrogen-bond donors (Lipinski definition) is 1. The van der Waals surface area contributed by atoms with Crippen molar-refractivity contribution in [2.45, 2.75) is 38.1 Å². The fourth-order valence-electron chi connectivity index (χ4n) is 3.23. The number of carbonyl (C=O) groups is 1. The summed E-state index contributed by atoms with van der Waals surface area (Å²) in [7, 11) is 1.97. The number of piperidine rings is 1. The van der Waals surface area contributed by atoms with Gasteiger partial charge in [-0.1, -0.05) is 18.2 Å². The molecule has 1 aromatic heterocycles. The number of amides is 1. The van der Waals surface area contributed by atoms with Crippen LogP contribution in [0.15, 0.2) is 29.6 Å². The first-order valence-corrected chi connectivity index (χ1v) is 9.05. The molecule has 1 aromatic carbocycles. The molecule has 0 aliphatic carbocycles. The molecule has 1 amide bonds. The van der Waals surface area contributed by atoms with Crippen molar-refractivity contribution in [3.8, 4) is 0 Å². The average molecular weight is 353 g/mol. The molecule has 0 radical (unpaired) electrons. The molecule has 3 rings (SSSR count). The van der Waals surface area contributed by atoms with Crippen molar-refractivity contribution in [3.63, 3.8) is 0 Å². The Morgan fingerprint density at radius 2 is 2.04 bits per heavy atom. The minimum absolute atomic E-state index is 0. The predicted octanol–water partition coefficient (Wildman–Crippen LogP) is 3.86. The first-order valence-electron chi connectivity index (χ1n) is 8.17. The fourth-order valence-corrected chi connectivity index (χ4v) is 4.23. The smallest absolute Gasteiger partial charge is 0.222 e. The molecule has 3 nitrogen and oxygen atoms in total. The van der Waals surface area contributed by atoms with Crippen molar-refractivity contribution in [1.82, 2.24) is 10.2 Å². The molecule has 1 aliphatic rings. The lowest BCUT2D eigenvalue weighted by Gasteiger charge is -2.31. The topological polar surface area (TPSA) is 32.3 Å². The molecule has 23 heavy (non-hydrogen) atoms. The highest BCUT2D eigenvalue weighted by atomic mass is 35.5. The first kappa shape index (κ1) is 18.2. The van der Waals surface area contributed by atoms with E-state index in [9.17, 15) is 4.79 Å². The third kappa shape index (κ3) is 4.46. The molecule has 0 unspecified atom stereocenters. The third-order valence-corrected chi connectivity index (χ3v) is 5.66. The molecule has 1 N–H and O–H groups in total. The van der Waals surface area contributed by atoms with Crippen LogP contribution in [0, 0.1) is 0 Å². The van der Waals surface area contributed by atoms with Gasteiger partial charge in [-0.05, 0) is 61.2 Å². The first-order chi connectivity index (χ1) is 10.8. The summed E-state index contributed by atoms with van der Waals surface area (Å²) in [6, 6.07) is 8.95. The fraction of sp³-hybridized carbons (Fsp3) is 0.500. The molecule has 0 bridgehead atoms. The second-order valence-corrected chi connectivity index (χ2v) is 7.01. The molecular formula is C18H25ClN2OS. The van der Waals surface area contributed by atoms with Crippen molar-refractivity contribution in [2.75, 3.05) is 20.1 Å². The standard InChI is InChI=1S/C18H24N2OS.ClH/c1-20(15-9-11-19-12-10-15)18(21)8-4-5-14-13-22-17-7-3-2-6-16(14)17;/h2-3,6-7,13,15,19H,4-5,8-12H2,1H3;1H. The number of rotatable bonds is 5. The summed E-state index contributed by atoms with van der Waals surface area (Å²) < 4.78 is 1.34. The number of thiophene rings is 1. The van der Waals surface area contributed by atoms with E-state index in [1.165, 1.54) is 15.6 Å². The maximum atomic E-state index is 12.3. The van der Waals surface area contributed by atoms with Crippen LogP contribution in [0.25, 0.3) is 10.1 Å². The van der Waals surface area contributed by atoms with E-state index in [-0.39, 0.29) is 12.4 Å². The van der Waals surface area contributed by atoms with E-state index in [0.717, 1.165) is 38.8 Å². The van der Waals surface area contributed by atoms with Gasteiger partial charge in [0.2, 0.25) is 5.91 Å². The van der Waals surface area contributed by atoms with Gasteiger partial charge in [0, 0.05) is 24.2 Å². The zero-order valence-corrected chi connectivity index (χ0v) is 15.2. The number of aryl methyl sites for hydroxylation is 1. The van der Waals surface area contributed by atoms with Gasteiger partial charge in [-0.15, -0.1) is 23.7 Å². The minimum Gasteiger partial charge on any atom is -0.343 e. The number of fused-ring (bicyclic) bond motifs is 1. The molecule has 5 heteroatoms. The SMILES string of the molecule is CN(C(=O)CCCc1csc2ccccc12)C1CCNCC1.Cl. The summed E-state index contributed by atoms with van der Waals surface area (Å²) in [5.74, 6) is 0.298. The highest BCUT2D eigenvalue weighted by Gasteiger charge is 2.21. The summed E-state index contributed by atoms with van der Waals surface area (Å²) >= 11 is 1.80. The van der Waals surface area contributed by atoms with E-state index in [2.05, 4.69) is 35.0 Å². The Morgan fingerprint density at radius 3 is 2.83 bits per heavy atom. The Morgan fingerprint density at radius 1 is 1.30 bits per heavy atom. The summed E-state index contributed by atoms with van der Waals surface area (Å²) in [6.07, 6.45) is 4.75. The van der Waals surface area contributed by atoms with Gasteiger partial charge in [0.25, 0.3) is 0 Å². The molecule has 1 fully saturated rings. The van der Waals surface area contributed by atoms with Gasteiger partial charge >= 0.3 is 0 Å². The number of carbonyl (C=O) groups excluding carboxylic acids is 1. The van der Waals surface area contributed by atoms with Crippen molar-refractivity contribution in [1.29, 1.82) is 0 Å². The lowest BCUT2D eigenvalue weighted by atomic mass is 10.0. The van der Waals surface area contributed by atoms with Crippen molar-refractivity contribution < 1.29 is 4.79 Å². The minimum atomic E-state index is 0. The van der Waals surface area contributed by atoms with Crippen molar-refractivity contribution >= 4 is 39.7 Å². The Bertz CT molecular complexity index is 637. The van der Waals surface area contributed by atoms with Gasteiger partial charge in [0.15, 0.2) is 0 Å². The quantitative estimate of drug-likeness (QED) is 0.886.